The van der Waals surface area contributed by atoms with Gasteiger partial charge in [0.1, 0.15) is 6.04 Å². The SMILES string of the molecule is Cn1c(-c2cn(C3CC3(F)F)nc2C(F)(F)F)cnc1C(=O)Nc1ccc(C(=O)NC2CC3(CC(N)C3)C2)c(Cl)c1.O=CO. The van der Waals surface area contributed by atoms with E-state index in [9.17, 15) is 31.5 Å². The van der Waals surface area contributed by atoms with Gasteiger partial charge in [0.2, 0.25) is 0 Å². The molecule has 3 aliphatic carbocycles. The highest BCUT2D eigenvalue weighted by atomic mass is 35.5. The quantitative estimate of drug-likeness (QED) is 0.228. The largest absolute Gasteiger partial charge is 0.483 e. The lowest BCUT2D eigenvalue weighted by Gasteiger charge is -2.57. The number of hydrogen-bond donors (Lipinski definition) is 4. The normalized spacial score (nSPS) is 24.8. The van der Waals surface area contributed by atoms with Crippen LogP contribution in [0, 0.1) is 5.41 Å². The summed E-state index contributed by atoms with van der Waals surface area (Å²) in [6.07, 6.45) is 0.0956. The minimum Gasteiger partial charge on any atom is -0.483 e. The van der Waals surface area contributed by atoms with E-state index < -0.39 is 41.7 Å². The first-order valence-electron chi connectivity index (χ1n) is 13.4. The Hall–Kier alpha value is -4.05. The number of carboxylic acid groups (broad SMARTS) is 1. The van der Waals surface area contributed by atoms with Crippen LogP contribution in [0.5, 0.6) is 0 Å². The van der Waals surface area contributed by atoms with Crippen LogP contribution in [0.15, 0.2) is 30.6 Å². The van der Waals surface area contributed by atoms with E-state index in [1.807, 2.05) is 0 Å². The van der Waals surface area contributed by atoms with E-state index in [0.717, 1.165) is 42.6 Å². The van der Waals surface area contributed by atoms with E-state index in [-0.39, 0.29) is 57.7 Å². The number of hydrogen-bond acceptors (Lipinski definition) is 6. The summed E-state index contributed by atoms with van der Waals surface area (Å²) in [5, 5.41) is 15.9. The zero-order chi connectivity index (χ0) is 32.2. The average Bonchev–Trinajstić information content (AvgIpc) is 3.19. The van der Waals surface area contributed by atoms with E-state index >= 15 is 0 Å². The highest BCUT2D eigenvalue weighted by molar-refractivity contribution is 6.34. The number of alkyl halides is 5. The molecule has 0 bridgehead atoms. The Kier molecular flexibility index (Phi) is 7.95. The minimum absolute atomic E-state index is 0.0498. The monoisotopic (exact) mass is 643 g/mol. The molecule has 1 spiro atoms. The molecule has 5 N–H and O–H groups in total. The van der Waals surface area contributed by atoms with Crippen LogP contribution in [0.2, 0.25) is 5.02 Å². The third-order valence-corrected chi connectivity index (χ3v) is 8.45. The Morgan fingerprint density at radius 2 is 1.80 bits per heavy atom. The molecule has 3 fully saturated rings. The summed E-state index contributed by atoms with van der Waals surface area (Å²) in [7, 11) is 1.32. The number of benzene rings is 1. The van der Waals surface area contributed by atoms with Gasteiger partial charge in [0, 0.05) is 37.4 Å². The molecule has 2 amide bonds. The highest BCUT2D eigenvalue weighted by Gasteiger charge is 2.59. The second-order valence-electron chi connectivity index (χ2n) is 11.4. The van der Waals surface area contributed by atoms with Gasteiger partial charge in [-0.15, -0.1) is 0 Å². The number of rotatable bonds is 6. The van der Waals surface area contributed by atoms with Crippen LogP contribution in [0.4, 0.5) is 27.6 Å². The number of nitrogens with two attached hydrogens (primary N) is 1. The van der Waals surface area contributed by atoms with E-state index in [1.54, 1.807) is 0 Å². The molecule has 1 aromatic carbocycles. The van der Waals surface area contributed by atoms with Crippen LogP contribution in [-0.4, -0.2) is 60.7 Å². The molecule has 6 rings (SSSR count). The molecule has 3 aromatic rings. The van der Waals surface area contributed by atoms with Gasteiger partial charge in [-0.2, -0.15) is 18.3 Å². The number of aromatic nitrogens is 4. The molecule has 1 unspecified atom stereocenters. The zero-order valence-corrected chi connectivity index (χ0v) is 23.8. The number of amides is 2. The van der Waals surface area contributed by atoms with Crippen LogP contribution in [0.1, 0.15) is 64.8 Å². The number of halogens is 6. The van der Waals surface area contributed by atoms with Crippen molar-refractivity contribution in [2.45, 2.75) is 62.3 Å². The van der Waals surface area contributed by atoms with Crippen LogP contribution in [0.25, 0.3) is 11.3 Å². The summed E-state index contributed by atoms with van der Waals surface area (Å²) < 4.78 is 69.7. The number of carbonyl (C=O) groups is 3. The van der Waals surface area contributed by atoms with E-state index in [0.29, 0.717) is 4.68 Å². The summed E-state index contributed by atoms with van der Waals surface area (Å²) in [6, 6.07) is 3.14. The number of carbonyl (C=O) groups excluding carboxylic acids is 2. The average molecular weight is 644 g/mol. The molecule has 0 aliphatic heterocycles. The zero-order valence-electron chi connectivity index (χ0n) is 23.0. The summed E-state index contributed by atoms with van der Waals surface area (Å²) in [5.41, 5.74) is 4.61. The lowest BCUT2D eigenvalue weighted by Crippen LogP contribution is -2.59. The second kappa shape index (κ2) is 11.1. The summed E-state index contributed by atoms with van der Waals surface area (Å²) in [6.45, 7) is -0.250. The molecule has 0 radical (unpaired) electrons. The Morgan fingerprint density at radius 1 is 1.16 bits per heavy atom. The summed E-state index contributed by atoms with van der Waals surface area (Å²) in [5.74, 6) is -4.48. The van der Waals surface area contributed by atoms with Crippen LogP contribution >= 0.6 is 11.6 Å². The lowest BCUT2D eigenvalue weighted by atomic mass is 9.52. The first-order chi connectivity index (χ1) is 20.6. The van der Waals surface area contributed by atoms with E-state index in [1.165, 1.54) is 25.2 Å². The van der Waals surface area contributed by atoms with Gasteiger partial charge in [-0.1, -0.05) is 11.6 Å². The van der Waals surface area contributed by atoms with Crippen LogP contribution in [-0.2, 0) is 18.0 Å². The molecule has 3 saturated carbocycles. The van der Waals surface area contributed by atoms with Gasteiger partial charge in [0.05, 0.1) is 28.0 Å². The van der Waals surface area contributed by atoms with Crippen LogP contribution < -0.4 is 16.4 Å². The fourth-order valence-corrected chi connectivity index (χ4v) is 6.27. The van der Waals surface area contributed by atoms with Gasteiger partial charge in [-0.3, -0.25) is 19.1 Å². The third kappa shape index (κ3) is 6.00. The number of nitrogens with zero attached hydrogens (tertiary/aromatic N) is 4. The number of anilines is 1. The van der Waals surface area contributed by atoms with Crippen molar-refractivity contribution in [3.63, 3.8) is 0 Å². The summed E-state index contributed by atoms with van der Waals surface area (Å²) >= 11 is 6.32. The van der Waals surface area contributed by atoms with Gasteiger partial charge in [0.15, 0.2) is 11.5 Å². The van der Waals surface area contributed by atoms with Crippen molar-refractivity contribution >= 4 is 35.6 Å². The van der Waals surface area contributed by atoms with Crippen molar-refractivity contribution in [2.75, 3.05) is 5.32 Å². The predicted octanol–water partition coefficient (Wildman–Crippen LogP) is 4.49. The van der Waals surface area contributed by atoms with E-state index in [2.05, 4.69) is 20.7 Å². The van der Waals surface area contributed by atoms with Gasteiger partial charge in [-0.25, -0.2) is 13.8 Å². The molecule has 0 saturated heterocycles. The lowest BCUT2D eigenvalue weighted by molar-refractivity contribution is -0.141. The minimum atomic E-state index is -4.92. The van der Waals surface area contributed by atoms with E-state index in [4.69, 9.17) is 27.2 Å². The molecule has 11 nitrogen and oxygen atoms in total. The van der Waals surface area contributed by atoms with Crippen molar-refractivity contribution in [3.8, 4) is 11.3 Å². The van der Waals surface area contributed by atoms with Crippen LogP contribution in [0.3, 0.4) is 0 Å². The van der Waals surface area contributed by atoms with Crippen molar-refractivity contribution in [1.29, 1.82) is 0 Å². The first kappa shape index (κ1) is 31.4. The highest BCUT2D eigenvalue weighted by Crippen LogP contribution is 2.55. The molecule has 236 valence electrons. The standard InChI is InChI=1S/C26H25ClF5N7O2.CH2O2/c1-38-18(16-11-39(19-9-25(19,28)29)37-20(16)26(30,31)32)10-34-21(38)23(41)35-13-2-3-15(17(27)4-13)22(40)36-14-7-24(8-14)5-12(33)6-24;2-1-3/h2-4,10-12,14,19H,5-9,33H2,1H3,(H,35,41)(H,36,40);1H,(H,2,3). The van der Waals surface area contributed by atoms with Gasteiger partial charge in [-0.05, 0) is 49.3 Å². The van der Waals surface area contributed by atoms with Crippen molar-refractivity contribution in [1.82, 2.24) is 24.6 Å². The fourth-order valence-electron chi connectivity index (χ4n) is 6.01. The molecule has 17 heteroatoms. The fraction of sp³-hybridized carbons (Fsp3) is 0.444. The van der Waals surface area contributed by atoms with Crippen molar-refractivity contribution in [3.05, 3.63) is 52.7 Å². The Labute approximate surface area is 251 Å². The Balaban J connectivity index is 0.00000123. The number of imidazole rings is 1. The molecule has 2 aromatic heterocycles. The molecule has 2 heterocycles. The van der Waals surface area contributed by atoms with Crippen molar-refractivity contribution in [2.24, 2.45) is 18.2 Å². The van der Waals surface area contributed by atoms with Crippen molar-refractivity contribution < 1.29 is 41.4 Å². The predicted molar refractivity (Wildman–Crippen MR) is 146 cm³/mol. The molecule has 44 heavy (non-hydrogen) atoms. The van der Waals surface area contributed by atoms with Gasteiger partial charge >= 0.3 is 6.18 Å². The maximum atomic E-state index is 13.7. The third-order valence-electron chi connectivity index (χ3n) is 8.14. The number of nitrogens with one attached hydrogen (secondary N) is 2. The summed E-state index contributed by atoms with van der Waals surface area (Å²) in [4.78, 5) is 38.0. The maximum absolute atomic E-state index is 13.7. The molecular weight excluding hydrogens is 617 g/mol. The topological polar surface area (TPSA) is 157 Å². The molecular formula is C27H27ClF5N7O4. The Bertz CT molecular complexity index is 1610. The van der Waals surface area contributed by atoms with Gasteiger partial charge in [0.25, 0.3) is 24.2 Å². The van der Waals surface area contributed by atoms with Gasteiger partial charge < -0.3 is 26.0 Å². The molecule has 1 atom stereocenters. The smallest absolute Gasteiger partial charge is 0.435 e. The molecule has 3 aliphatic rings. The Morgan fingerprint density at radius 3 is 2.34 bits per heavy atom. The maximum Gasteiger partial charge on any atom is 0.435 e. The first-order valence-corrected chi connectivity index (χ1v) is 13.8. The second-order valence-corrected chi connectivity index (χ2v) is 11.8.